The van der Waals surface area contributed by atoms with Crippen molar-refractivity contribution in [2.75, 3.05) is 19.1 Å². The first-order valence-electron chi connectivity index (χ1n) is 10.7. The molecule has 2 aromatic carbocycles. The standard InChI is InChI=1S/C26H24N4O2S/c1-31-20-13-11-18(12-14-20)30-25(24(28-26(30)33)22-9-3-4-15-27-22)23-10-6-16-29(23)19-7-5-8-21(17-19)32-2/h3-17,24-25H,1-2H3,(H,28,33)/t24-,25+/m0/s1. The van der Waals surface area contributed by atoms with Crippen molar-refractivity contribution in [3.8, 4) is 17.2 Å². The van der Waals surface area contributed by atoms with E-state index in [-0.39, 0.29) is 12.1 Å². The van der Waals surface area contributed by atoms with Gasteiger partial charge in [0.05, 0.1) is 26.0 Å². The van der Waals surface area contributed by atoms with Crippen molar-refractivity contribution in [3.63, 3.8) is 0 Å². The molecule has 2 atom stereocenters. The topological polar surface area (TPSA) is 51.5 Å². The van der Waals surface area contributed by atoms with Crippen LogP contribution >= 0.6 is 12.2 Å². The third-order valence-electron chi connectivity index (χ3n) is 5.86. The summed E-state index contributed by atoms with van der Waals surface area (Å²) in [6.45, 7) is 0. The molecule has 6 nitrogen and oxygen atoms in total. The monoisotopic (exact) mass is 456 g/mol. The Labute approximate surface area is 198 Å². The van der Waals surface area contributed by atoms with Crippen molar-refractivity contribution < 1.29 is 9.47 Å². The van der Waals surface area contributed by atoms with Gasteiger partial charge in [0.25, 0.3) is 0 Å². The minimum atomic E-state index is -0.125. The van der Waals surface area contributed by atoms with Gasteiger partial charge in [0.1, 0.15) is 17.5 Å². The Balaban J connectivity index is 1.64. The largest absolute Gasteiger partial charge is 0.497 e. The van der Waals surface area contributed by atoms with E-state index in [1.165, 1.54) is 0 Å². The molecule has 0 bridgehead atoms. The molecular weight excluding hydrogens is 432 g/mol. The molecule has 0 radical (unpaired) electrons. The van der Waals surface area contributed by atoms with Gasteiger partial charge in [-0.15, -0.1) is 0 Å². The zero-order chi connectivity index (χ0) is 22.8. The van der Waals surface area contributed by atoms with Crippen LogP contribution in [0.2, 0.25) is 0 Å². The minimum absolute atomic E-state index is 0.123. The van der Waals surface area contributed by atoms with E-state index in [4.69, 9.17) is 21.7 Å². The van der Waals surface area contributed by atoms with Crippen molar-refractivity contribution in [2.45, 2.75) is 12.1 Å². The third kappa shape index (κ3) is 3.91. The predicted molar refractivity (Wildman–Crippen MR) is 133 cm³/mol. The molecule has 33 heavy (non-hydrogen) atoms. The molecule has 0 aliphatic carbocycles. The summed E-state index contributed by atoms with van der Waals surface area (Å²) in [5, 5.41) is 4.16. The quantitative estimate of drug-likeness (QED) is 0.409. The Morgan fingerprint density at radius 2 is 1.67 bits per heavy atom. The van der Waals surface area contributed by atoms with Gasteiger partial charge in [-0.3, -0.25) is 4.98 Å². The van der Waals surface area contributed by atoms with Gasteiger partial charge in [0.15, 0.2) is 5.11 Å². The number of benzene rings is 2. The van der Waals surface area contributed by atoms with Crippen LogP contribution in [0.3, 0.4) is 0 Å². The molecule has 3 heterocycles. The molecule has 1 aliphatic heterocycles. The highest BCUT2D eigenvalue weighted by molar-refractivity contribution is 7.80. The lowest BCUT2D eigenvalue weighted by Crippen LogP contribution is -2.30. The van der Waals surface area contributed by atoms with Crippen LogP contribution in [-0.2, 0) is 0 Å². The molecule has 1 fully saturated rings. The van der Waals surface area contributed by atoms with E-state index >= 15 is 0 Å². The highest BCUT2D eigenvalue weighted by Crippen LogP contribution is 2.42. The predicted octanol–water partition coefficient (Wildman–Crippen LogP) is 5.07. The van der Waals surface area contributed by atoms with E-state index in [0.29, 0.717) is 5.11 Å². The lowest BCUT2D eigenvalue weighted by atomic mass is 10.0. The van der Waals surface area contributed by atoms with Gasteiger partial charge in [-0.25, -0.2) is 0 Å². The number of pyridine rings is 1. The minimum Gasteiger partial charge on any atom is -0.497 e. The summed E-state index contributed by atoms with van der Waals surface area (Å²) in [5.74, 6) is 1.61. The van der Waals surface area contributed by atoms with Gasteiger partial charge in [0, 0.05) is 35.5 Å². The molecular formula is C26H24N4O2S. The maximum absolute atomic E-state index is 5.84. The average molecular weight is 457 g/mol. The number of rotatable bonds is 6. The lowest BCUT2D eigenvalue weighted by molar-refractivity contribution is 0.414. The summed E-state index contributed by atoms with van der Waals surface area (Å²) in [4.78, 5) is 6.80. The molecule has 1 N–H and O–H groups in total. The Kier molecular flexibility index (Phi) is 5.71. The second kappa shape index (κ2) is 8.96. The summed E-state index contributed by atoms with van der Waals surface area (Å²) in [7, 11) is 3.34. The van der Waals surface area contributed by atoms with Gasteiger partial charge >= 0.3 is 0 Å². The second-order valence-electron chi connectivity index (χ2n) is 7.70. The van der Waals surface area contributed by atoms with Crippen molar-refractivity contribution in [1.29, 1.82) is 0 Å². The van der Waals surface area contributed by atoms with Crippen LogP contribution in [0.1, 0.15) is 23.5 Å². The van der Waals surface area contributed by atoms with Gasteiger partial charge in [0.2, 0.25) is 0 Å². The number of hydrogen-bond donors (Lipinski definition) is 1. The summed E-state index contributed by atoms with van der Waals surface area (Å²) < 4.78 is 13.0. The summed E-state index contributed by atoms with van der Waals surface area (Å²) in [6, 6.07) is 25.9. The maximum Gasteiger partial charge on any atom is 0.174 e. The average Bonchev–Trinajstić information content (AvgIpc) is 3.49. The molecule has 7 heteroatoms. The number of ether oxygens (including phenoxy) is 2. The molecule has 0 amide bonds. The summed E-state index contributed by atoms with van der Waals surface area (Å²) in [5.41, 5.74) is 4.01. The van der Waals surface area contributed by atoms with Gasteiger partial charge < -0.3 is 24.3 Å². The first-order chi connectivity index (χ1) is 16.2. The van der Waals surface area contributed by atoms with Crippen LogP contribution in [0, 0.1) is 0 Å². The van der Waals surface area contributed by atoms with Gasteiger partial charge in [-0.2, -0.15) is 0 Å². The van der Waals surface area contributed by atoms with E-state index in [2.05, 4.69) is 44.2 Å². The van der Waals surface area contributed by atoms with Crippen LogP contribution in [0.4, 0.5) is 5.69 Å². The number of thiocarbonyl (C=S) groups is 1. The van der Waals surface area contributed by atoms with E-state index in [1.54, 1.807) is 14.2 Å². The fraction of sp³-hybridized carbons (Fsp3) is 0.154. The van der Waals surface area contributed by atoms with Crippen molar-refractivity contribution >= 4 is 23.0 Å². The first-order valence-corrected chi connectivity index (χ1v) is 11.1. The van der Waals surface area contributed by atoms with Gasteiger partial charge in [-0.1, -0.05) is 12.1 Å². The molecule has 0 spiro atoms. The normalized spacial score (nSPS) is 17.6. The van der Waals surface area contributed by atoms with Crippen LogP contribution in [0.25, 0.3) is 5.69 Å². The molecule has 0 saturated carbocycles. The maximum atomic E-state index is 5.84. The molecule has 5 rings (SSSR count). The molecule has 1 saturated heterocycles. The lowest BCUT2D eigenvalue weighted by Gasteiger charge is -2.29. The molecule has 0 unspecified atom stereocenters. The highest BCUT2D eigenvalue weighted by Gasteiger charge is 2.42. The van der Waals surface area contributed by atoms with Crippen LogP contribution < -0.4 is 19.7 Å². The number of nitrogens with zero attached hydrogens (tertiary/aromatic N) is 3. The fourth-order valence-corrected chi connectivity index (χ4v) is 4.65. The smallest absolute Gasteiger partial charge is 0.174 e. The van der Waals surface area contributed by atoms with Crippen molar-refractivity contribution in [1.82, 2.24) is 14.9 Å². The molecule has 1 aliphatic rings. The zero-order valence-corrected chi connectivity index (χ0v) is 19.2. The summed E-state index contributed by atoms with van der Waals surface area (Å²) in [6.07, 6.45) is 3.88. The van der Waals surface area contributed by atoms with Crippen molar-refractivity contribution in [2.24, 2.45) is 0 Å². The van der Waals surface area contributed by atoms with Crippen molar-refractivity contribution in [3.05, 3.63) is 103 Å². The van der Waals surface area contributed by atoms with Crippen LogP contribution in [0.5, 0.6) is 11.5 Å². The Morgan fingerprint density at radius 3 is 2.39 bits per heavy atom. The van der Waals surface area contributed by atoms with Crippen LogP contribution in [-0.4, -0.2) is 28.9 Å². The molecule has 166 valence electrons. The number of hydrogen-bond acceptors (Lipinski definition) is 4. The number of methoxy groups -OCH3 is 2. The number of aromatic nitrogens is 2. The van der Waals surface area contributed by atoms with E-state index in [0.717, 1.165) is 34.3 Å². The Morgan fingerprint density at radius 1 is 0.848 bits per heavy atom. The van der Waals surface area contributed by atoms with E-state index in [9.17, 15) is 0 Å². The first kappa shape index (κ1) is 21.0. The van der Waals surface area contributed by atoms with Gasteiger partial charge in [-0.05, 0) is 72.9 Å². The third-order valence-corrected chi connectivity index (χ3v) is 6.18. The second-order valence-corrected chi connectivity index (χ2v) is 8.09. The zero-order valence-electron chi connectivity index (χ0n) is 18.4. The Bertz CT molecular complexity index is 1260. The SMILES string of the molecule is COc1ccc(N2C(=S)N[C@@H](c3ccccn3)[C@H]2c2cccn2-c2cccc(OC)c2)cc1. The van der Waals surface area contributed by atoms with E-state index in [1.807, 2.05) is 66.9 Å². The number of nitrogens with one attached hydrogen (secondary N) is 1. The van der Waals surface area contributed by atoms with E-state index < -0.39 is 0 Å². The highest BCUT2D eigenvalue weighted by atomic mass is 32.1. The van der Waals surface area contributed by atoms with Crippen LogP contribution in [0.15, 0.2) is 91.3 Å². The molecule has 4 aromatic rings. The fourth-order valence-electron chi connectivity index (χ4n) is 4.31. The molecule has 2 aromatic heterocycles. The number of anilines is 1. The summed E-state index contributed by atoms with van der Waals surface area (Å²) >= 11 is 5.84. The Hall–Kier alpha value is -3.84.